The Morgan fingerprint density at radius 2 is 1.95 bits per heavy atom. The Balaban J connectivity index is 1.79. The second-order valence-corrected chi connectivity index (χ2v) is 5.84. The Labute approximate surface area is 130 Å². The van der Waals surface area contributed by atoms with Gasteiger partial charge in [0.2, 0.25) is 0 Å². The molecule has 0 spiro atoms. The van der Waals surface area contributed by atoms with E-state index in [1.807, 2.05) is 0 Å². The van der Waals surface area contributed by atoms with Crippen molar-refractivity contribution in [1.29, 1.82) is 0 Å². The van der Waals surface area contributed by atoms with E-state index >= 15 is 0 Å². The Morgan fingerprint density at radius 1 is 1.19 bits per heavy atom. The predicted molar refractivity (Wildman–Crippen MR) is 81.7 cm³/mol. The van der Waals surface area contributed by atoms with Crippen molar-refractivity contribution in [3.63, 3.8) is 0 Å². The van der Waals surface area contributed by atoms with E-state index in [0.29, 0.717) is 15.7 Å². The van der Waals surface area contributed by atoms with Crippen LogP contribution in [0, 0.1) is 0 Å². The van der Waals surface area contributed by atoms with Gasteiger partial charge < -0.3 is 4.42 Å². The highest BCUT2D eigenvalue weighted by molar-refractivity contribution is 8.18. The van der Waals surface area contributed by atoms with Gasteiger partial charge in [0.1, 0.15) is 5.76 Å². The van der Waals surface area contributed by atoms with Gasteiger partial charge in [0, 0.05) is 11.1 Å². The number of carbonyl (C=O) groups excluding carboxylic acids is 2. The van der Waals surface area contributed by atoms with Crippen LogP contribution in [0.1, 0.15) is 11.3 Å². The second kappa shape index (κ2) is 5.79. The fourth-order valence-electron chi connectivity index (χ4n) is 1.91. The maximum absolute atomic E-state index is 12.3. The van der Waals surface area contributed by atoms with Gasteiger partial charge in [-0.3, -0.25) is 14.5 Å². The zero-order valence-corrected chi connectivity index (χ0v) is 12.4. The fraction of sp³-hybridized carbons (Fsp3) is 0.0667. The summed E-state index contributed by atoms with van der Waals surface area (Å²) >= 11 is 6.73. The van der Waals surface area contributed by atoms with E-state index in [1.54, 1.807) is 42.5 Å². The molecule has 106 valence electrons. The van der Waals surface area contributed by atoms with Crippen molar-refractivity contribution in [2.45, 2.75) is 6.54 Å². The molecule has 0 atom stereocenters. The molecule has 3 rings (SSSR count). The molecule has 4 nitrogen and oxygen atoms in total. The third-order valence-corrected chi connectivity index (χ3v) is 4.10. The molecule has 1 aliphatic heterocycles. The smallest absolute Gasteiger partial charge is 0.293 e. The molecule has 1 aromatic heterocycles. The highest BCUT2D eigenvalue weighted by Crippen LogP contribution is 2.33. The third kappa shape index (κ3) is 3.04. The molecule has 1 aliphatic rings. The topological polar surface area (TPSA) is 50.5 Å². The number of nitrogens with zero attached hydrogens (tertiary/aromatic N) is 1. The normalized spacial score (nSPS) is 17.0. The standard InChI is InChI=1S/C15H10ClNO3S/c16-11-5-3-10(4-6-11)9-17-14(18)13(21-15(17)19)8-12-2-1-7-20-12/h1-8H,9H2. The molecule has 2 aromatic rings. The van der Waals surface area contributed by atoms with Gasteiger partial charge in [-0.1, -0.05) is 23.7 Å². The number of hydrogen-bond donors (Lipinski definition) is 0. The first-order valence-corrected chi connectivity index (χ1v) is 7.36. The van der Waals surface area contributed by atoms with Crippen molar-refractivity contribution in [2.24, 2.45) is 0 Å². The van der Waals surface area contributed by atoms with Crippen LogP contribution in [0.2, 0.25) is 5.02 Å². The second-order valence-electron chi connectivity index (χ2n) is 4.41. The molecular formula is C15H10ClNO3S. The van der Waals surface area contributed by atoms with E-state index in [0.717, 1.165) is 17.3 Å². The highest BCUT2D eigenvalue weighted by atomic mass is 35.5. The average molecular weight is 320 g/mol. The van der Waals surface area contributed by atoms with E-state index in [1.165, 1.54) is 11.2 Å². The average Bonchev–Trinajstić information content (AvgIpc) is 3.06. The molecule has 21 heavy (non-hydrogen) atoms. The third-order valence-electron chi connectivity index (χ3n) is 2.94. The molecule has 2 heterocycles. The maximum Gasteiger partial charge on any atom is 0.293 e. The molecule has 0 saturated carbocycles. The van der Waals surface area contributed by atoms with Gasteiger partial charge in [-0.25, -0.2) is 0 Å². The summed E-state index contributed by atoms with van der Waals surface area (Å²) < 4.78 is 5.16. The van der Waals surface area contributed by atoms with Crippen LogP contribution < -0.4 is 0 Å². The van der Waals surface area contributed by atoms with Crippen molar-refractivity contribution in [1.82, 2.24) is 4.90 Å². The number of rotatable bonds is 3. The summed E-state index contributed by atoms with van der Waals surface area (Å²) in [4.78, 5) is 25.8. The summed E-state index contributed by atoms with van der Waals surface area (Å²) in [5.74, 6) is 0.239. The van der Waals surface area contributed by atoms with Crippen molar-refractivity contribution < 1.29 is 14.0 Å². The number of thioether (sulfide) groups is 1. The number of carbonyl (C=O) groups is 2. The molecule has 2 amide bonds. The van der Waals surface area contributed by atoms with Crippen LogP contribution in [0.4, 0.5) is 4.79 Å². The lowest BCUT2D eigenvalue weighted by Crippen LogP contribution is -2.27. The molecule has 0 radical (unpaired) electrons. The van der Waals surface area contributed by atoms with Crippen molar-refractivity contribution >= 4 is 40.6 Å². The van der Waals surface area contributed by atoms with E-state index in [-0.39, 0.29) is 17.7 Å². The van der Waals surface area contributed by atoms with Crippen LogP contribution in [-0.4, -0.2) is 16.0 Å². The number of hydrogen-bond acceptors (Lipinski definition) is 4. The molecule has 0 bridgehead atoms. The summed E-state index contributed by atoms with van der Waals surface area (Å²) in [6, 6.07) is 10.5. The number of halogens is 1. The molecule has 6 heteroatoms. The summed E-state index contributed by atoms with van der Waals surface area (Å²) in [6.07, 6.45) is 3.09. The Hall–Kier alpha value is -1.98. The van der Waals surface area contributed by atoms with Crippen LogP contribution >= 0.6 is 23.4 Å². The minimum absolute atomic E-state index is 0.233. The molecule has 1 fully saturated rings. The van der Waals surface area contributed by atoms with Crippen LogP contribution in [0.5, 0.6) is 0 Å². The minimum atomic E-state index is -0.309. The summed E-state index contributed by atoms with van der Waals surface area (Å²) in [5.41, 5.74) is 0.848. The van der Waals surface area contributed by atoms with Gasteiger partial charge in [0.05, 0.1) is 17.7 Å². The molecule has 0 aliphatic carbocycles. The lowest BCUT2D eigenvalue weighted by Gasteiger charge is -2.12. The highest BCUT2D eigenvalue weighted by Gasteiger charge is 2.35. The van der Waals surface area contributed by atoms with Gasteiger partial charge in [0.25, 0.3) is 11.1 Å². The lowest BCUT2D eigenvalue weighted by atomic mass is 10.2. The first-order chi connectivity index (χ1) is 10.1. The van der Waals surface area contributed by atoms with Crippen LogP contribution in [-0.2, 0) is 11.3 Å². The fourth-order valence-corrected chi connectivity index (χ4v) is 2.86. The van der Waals surface area contributed by atoms with E-state index in [9.17, 15) is 9.59 Å². The van der Waals surface area contributed by atoms with E-state index < -0.39 is 0 Å². The Kier molecular flexibility index (Phi) is 3.86. The SMILES string of the molecule is O=C1SC(=Cc2ccco2)C(=O)N1Cc1ccc(Cl)cc1. The predicted octanol–water partition coefficient (Wildman–Crippen LogP) is 4.17. The minimum Gasteiger partial charge on any atom is -0.465 e. The lowest BCUT2D eigenvalue weighted by molar-refractivity contribution is -0.123. The van der Waals surface area contributed by atoms with E-state index in [4.69, 9.17) is 16.0 Å². The number of furan rings is 1. The summed E-state index contributed by atoms with van der Waals surface area (Å²) in [7, 11) is 0. The van der Waals surface area contributed by atoms with Crippen molar-refractivity contribution in [3.05, 3.63) is 63.9 Å². The first-order valence-electron chi connectivity index (χ1n) is 6.17. The summed E-state index contributed by atoms with van der Waals surface area (Å²) in [5, 5.41) is 0.332. The van der Waals surface area contributed by atoms with Crippen LogP contribution in [0.15, 0.2) is 52.0 Å². The van der Waals surface area contributed by atoms with Crippen molar-refractivity contribution in [2.75, 3.05) is 0 Å². The molecule has 0 N–H and O–H groups in total. The van der Waals surface area contributed by atoms with E-state index in [2.05, 4.69) is 0 Å². The monoisotopic (exact) mass is 319 g/mol. The Bertz CT molecular complexity index is 707. The Morgan fingerprint density at radius 3 is 2.62 bits per heavy atom. The van der Waals surface area contributed by atoms with Gasteiger partial charge in [-0.2, -0.15) is 0 Å². The zero-order valence-electron chi connectivity index (χ0n) is 10.8. The van der Waals surface area contributed by atoms with Gasteiger partial charge >= 0.3 is 0 Å². The largest absolute Gasteiger partial charge is 0.465 e. The van der Waals surface area contributed by atoms with Gasteiger partial charge in [-0.05, 0) is 41.6 Å². The van der Waals surface area contributed by atoms with Gasteiger partial charge in [0.15, 0.2) is 0 Å². The summed E-state index contributed by atoms with van der Waals surface area (Å²) in [6.45, 7) is 0.233. The number of benzene rings is 1. The van der Waals surface area contributed by atoms with Crippen molar-refractivity contribution in [3.8, 4) is 0 Å². The molecule has 0 unspecified atom stereocenters. The van der Waals surface area contributed by atoms with Crippen LogP contribution in [0.3, 0.4) is 0 Å². The number of imide groups is 1. The molecular weight excluding hydrogens is 310 g/mol. The maximum atomic E-state index is 12.3. The zero-order chi connectivity index (χ0) is 14.8. The van der Waals surface area contributed by atoms with Crippen LogP contribution in [0.25, 0.3) is 6.08 Å². The quantitative estimate of drug-likeness (QED) is 0.797. The number of amides is 2. The van der Waals surface area contributed by atoms with Gasteiger partial charge in [-0.15, -0.1) is 0 Å². The first kappa shape index (κ1) is 14.0. The molecule has 1 aromatic carbocycles. The molecule has 1 saturated heterocycles.